The first-order valence-corrected chi connectivity index (χ1v) is 8.12. The molecule has 2 heterocycles. The Morgan fingerprint density at radius 1 is 1.21 bits per heavy atom. The summed E-state index contributed by atoms with van der Waals surface area (Å²) in [6.45, 7) is 1.94. The van der Waals surface area contributed by atoms with Crippen LogP contribution in [0.15, 0.2) is 18.2 Å². The van der Waals surface area contributed by atoms with E-state index in [1.807, 2.05) is 5.32 Å². The number of carbonyl (C=O) groups excluding carboxylic acids is 1. The molecule has 1 amide bonds. The summed E-state index contributed by atoms with van der Waals surface area (Å²) >= 11 is 0. The molecule has 0 aliphatic rings. The van der Waals surface area contributed by atoms with Gasteiger partial charge in [0, 0.05) is 11.4 Å². The molecule has 0 saturated carbocycles. The van der Waals surface area contributed by atoms with Gasteiger partial charge in [0.25, 0.3) is 5.91 Å². The number of amides is 1. The van der Waals surface area contributed by atoms with Crippen LogP contribution >= 0.6 is 0 Å². The van der Waals surface area contributed by atoms with Crippen molar-refractivity contribution in [3.8, 4) is 11.6 Å². The van der Waals surface area contributed by atoms with E-state index in [9.17, 15) is 31.1 Å². The Labute approximate surface area is 161 Å². The van der Waals surface area contributed by atoms with E-state index in [1.165, 1.54) is 4.57 Å². The van der Waals surface area contributed by atoms with Crippen molar-refractivity contribution in [3.63, 3.8) is 0 Å². The number of rotatable bonds is 5. The largest absolute Gasteiger partial charge is 0.481 e. The molecule has 0 aliphatic carbocycles. The highest BCUT2D eigenvalue weighted by atomic mass is 19.4. The van der Waals surface area contributed by atoms with E-state index in [-0.39, 0.29) is 5.69 Å². The van der Waals surface area contributed by atoms with Crippen molar-refractivity contribution in [2.75, 3.05) is 13.7 Å². The zero-order valence-electron chi connectivity index (χ0n) is 15.4. The molecule has 0 aromatic carbocycles. The highest BCUT2D eigenvalue weighted by Crippen LogP contribution is 2.37. The molecule has 1 unspecified atom stereocenters. The fraction of sp³-hybridized carbons (Fsp3) is 0.412. The minimum absolute atomic E-state index is 0.294. The van der Waals surface area contributed by atoms with E-state index in [1.54, 1.807) is 26.0 Å². The van der Waals surface area contributed by atoms with Gasteiger partial charge in [-0.25, -0.2) is 4.98 Å². The van der Waals surface area contributed by atoms with Crippen LogP contribution in [0.2, 0.25) is 0 Å². The normalized spacial score (nSPS) is 13.3. The van der Waals surface area contributed by atoms with Crippen LogP contribution in [0.3, 0.4) is 0 Å². The molecule has 160 valence electrons. The van der Waals surface area contributed by atoms with Gasteiger partial charge in [-0.2, -0.15) is 26.3 Å². The average molecular weight is 425 g/mol. The second kappa shape index (κ2) is 7.93. The Morgan fingerprint density at radius 3 is 2.21 bits per heavy atom. The number of methoxy groups -OCH3 is 1. The molecule has 2 N–H and O–H groups in total. The standard InChI is InChI=1S/C17H17F6N3O3/c1-8-4-5-9(2)26(8)11-6-10(16(18,19)20)15(29-3)25-13(11)14(28)24-7-12(27)17(21,22)23/h4-6,12,27H,7H2,1-3H3,(H,24,28). The molecule has 12 heteroatoms. The SMILES string of the molecule is COc1nc(C(=O)NCC(O)C(F)(F)F)c(-n2c(C)ccc2C)cc1C(F)(F)F. The molecule has 6 nitrogen and oxygen atoms in total. The van der Waals surface area contributed by atoms with E-state index in [4.69, 9.17) is 5.11 Å². The van der Waals surface area contributed by atoms with Crippen molar-refractivity contribution >= 4 is 5.91 Å². The van der Waals surface area contributed by atoms with Gasteiger partial charge in [0.1, 0.15) is 5.56 Å². The molecular weight excluding hydrogens is 408 g/mol. The topological polar surface area (TPSA) is 76.4 Å². The molecule has 2 aromatic heterocycles. The lowest BCUT2D eigenvalue weighted by molar-refractivity contribution is -0.201. The van der Waals surface area contributed by atoms with Gasteiger partial charge in [-0.3, -0.25) is 4.79 Å². The summed E-state index contributed by atoms with van der Waals surface area (Å²) in [4.78, 5) is 16.0. The number of halogens is 6. The number of carbonyl (C=O) groups is 1. The van der Waals surface area contributed by atoms with Gasteiger partial charge in [0.15, 0.2) is 11.8 Å². The summed E-state index contributed by atoms with van der Waals surface area (Å²) in [5.74, 6) is -2.12. The molecule has 0 spiro atoms. The highest BCUT2D eigenvalue weighted by molar-refractivity contribution is 5.96. The van der Waals surface area contributed by atoms with Gasteiger partial charge in [-0.1, -0.05) is 0 Å². The van der Waals surface area contributed by atoms with Crippen LogP contribution in [0.1, 0.15) is 27.4 Å². The third-order valence-corrected chi connectivity index (χ3v) is 4.03. The maximum absolute atomic E-state index is 13.4. The van der Waals surface area contributed by atoms with E-state index < -0.39 is 48.0 Å². The number of nitrogens with zero attached hydrogens (tertiary/aromatic N) is 2. The first kappa shape index (κ1) is 22.5. The molecule has 0 aliphatic heterocycles. The monoisotopic (exact) mass is 425 g/mol. The molecule has 1 atom stereocenters. The van der Waals surface area contributed by atoms with Crippen molar-refractivity contribution in [1.82, 2.24) is 14.9 Å². The number of nitrogens with one attached hydrogen (secondary N) is 1. The Bertz CT molecular complexity index is 886. The molecule has 0 bridgehead atoms. The van der Waals surface area contributed by atoms with Crippen LogP contribution in [0, 0.1) is 13.8 Å². The first-order chi connectivity index (χ1) is 13.3. The summed E-state index contributed by atoms with van der Waals surface area (Å²) in [5, 5.41) is 10.9. The number of pyridine rings is 1. The number of hydrogen-bond acceptors (Lipinski definition) is 4. The van der Waals surface area contributed by atoms with Gasteiger partial charge >= 0.3 is 12.4 Å². The third kappa shape index (κ3) is 4.81. The first-order valence-electron chi connectivity index (χ1n) is 8.12. The number of ether oxygens (including phenoxy) is 1. The predicted octanol–water partition coefficient (Wildman–Crippen LogP) is 3.17. The third-order valence-electron chi connectivity index (χ3n) is 4.03. The number of hydrogen-bond donors (Lipinski definition) is 2. The van der Waals surface area contributed by atoms with Gasteiger partial charge in [0.05, 0.1) is 19.3 Å². The van der Waals surface area contributed by atoms with Gasteiger partial charge < -0.3 is 19.7 Å². The molecular formula is C17H17F6N3O3. The van der Waals surface area contributed by atoms with Crippen LogP contribution in [0.5, 0.6) is 5.88 Å². The number of aliphatic hydroxyl groups is 1. The zero-order valence-corrected chi connectivity index (χ0v) is 15.4. The second-order valence-electron chi connectivity index (χ2n) is 6.13. The number of aromatic nitrogens is 2. The fourth-order valence-electron chi connectivity index (χ4n) is 2.62. The smallest absolute Gasteiger partial charge is 0.421 e. The summed E-state index contributed by atoms with van der Waals surface area (Å²) in [7, 11) is 0.915. The second-order valence-corrected chi connectivity index (χ2v) is 6.13. The van der Waals surface area contributed by atoms with Crippen molar-refractivity contribution in [1.29, 1.82) is 0 Å². The summed E-state index contributed by atoms with van der Waals surface area (Å²) < 4.78 is 83.4. The summed E-state index contributed by atoms with van der Waals surface area (Å²) in [5.41, 5.74) is -1.21. The van der Waals surface area contributed by atoms with Crippen LogP contribution in [0.25, 0.3) is 5.69 Å². The molecule has 2 aromatic rings. The number of aryl methyl sites for hydroxylation is 2. The minimum atomic E-state index is -4.98. The molecule has 0 fully saturated rings. The molecule has 29 heavy (non-hydrogen) atoms. The zero-order chi connectivity index (χ0) is 22.1. The molecule has 0 radical (unpaired) electrons. The Kier molecular flexibility index (Phi) is 6.16. The minimum Gasteiger partial charge on any atom is -0.481 e. The fourth-order valence-corrected chi connectivity index (χ4v) is 2.62. The van der Waals surface area contributed by atoms with Crippen LogP contribution < -0.4 is 10.1 Å². The number of alkyl halides is 6. The van der Waals surface area contributed by atoms with E-state index in [2.05, 4.69) is 9.72 Å². The van der Waals surface area contributed by atoms with E-state index in [0.29, 0.717) is 17.5 Å². The van der Waals surface area contributed by atoms with E-state index >= 15 is 0 Å². The summed E-state index contributed by atoms with van der Waals surface area (Å²) in [6, 6.07) is 3.81. The molecule has 0 saturated heterocycles. The summed E-state index contributed by atoms with van der Waals surface area (Å²) in [6.07, 6.45) is -12.7. The van der Waals surface area contributed by atoms with Crippen LogP contribution in [-0.4, -0.2) is 46.5 Å². The lowest BCUT2D eigenvalue weighted by Crippen LogP contribution is -2.41. The molecule has 2 rings (SSSR count). The van der Waals surface area contributed by atoms with Crippen molar-refractivity contribution < 1.29 is 41.0 Å². The van der Waals surface area contributed by atoms with Gasteiger partial charge in [0.2, 0.25) is 5.88 Å². The Morgan fingerprint density at radius 2 is 1.76 bits per heavy atom. The van der Waals surface area contributed by atoms with Crippen molar-refractivity contribution in [3.05, 3.63) is 40.8 Å². The van der Waals surface area contributed by atoms with Crippen molar-refractivity contribution in [2.45, 2.75) is 32.3 Å². The Hall–Kier alpha value is -2.76. The Balaban J connectivity index is 2.59. The van der Waals surface area contributed by atoms with Gasteiger partial charge in [-0.15, -0.1) is 0 Å². The maximum atomic E-state index is 13.4. The van der Waals surface area contributed by atoms with Gasteiger partial charge in [-0.05, 0) is 32.0 Å². The van der Waals surface area contributed by atoms with E-state index in [0.717, 1.165) is 7.11 Å². The number of aliphatic hydroxyl groups excluding tert-OH is 1. The lowest BCUT2D eigenvalue weighted by atomic mass is 10.1. The average Bonchev–Trinajstić information content (AvgIpc) is 2.94. The predicted molar refractivity (Wildman–Crippen MR) is 89.0 cm³/mol. The lowest BCUT2D eigenvalue weighted by Gasteiger charge is -2.19. The highest BCUT2D eigenvalue weighted by Gasteiger charge is 2.39. The van der Waals surface area contributed by atoms with Crippen molar-refractivity contribution in [2.24, 2.45) is 0 Å². The van der Waals surface area contributed by atoms with Crippen LogP contribution in [-0.2, 0) is 6.18 Å². The maximum Gasteiger partial charge on any atom is 0.421 e. The quantitative estimate of drug-likeness (QED) is 0.722. The van der Waals surface area contributed by atoms with Crippen LogP contribution in [0.4, 0.5) is 26.3 Å².